The van der Waals surface area contributed by atoms with Gasteiger partial charge in [0.1, 0.15) is 5.92 Å². The van der Waals surface area contributed by atoms with Crippen LogP contribution in [-0.4, -0.2) is 18.9 Å². The van der Waals surface area contributed by atoms with Crippen LogP contribution in [0.3, 0.4) is 0 Å². The number of benzene rings is 4. The summed E-state index contributed by atoms with van der Waals surface area (Å²) in [6.45, 7) is 0. The number of hydrogen-bond acceptors (Lipinski definition) is 3. The Hall–Kier alpha value is -3.46. The zero-order chi connectivity index (χ0) is 18.8. The van der Waals surface area contributed by atoms with Gasteiger partial charge in [-0.15, -0.1) is 0 Å². The van der Waals surface area contributed by atoms with Gasteiger partial charge >= 0.3 is 5.97 Å². The molecular weight excluding hydrogens is 336 g/mol. The molecule has 4 aromatic rings. The van der Waals surface area contributed by atoms with Gasteiger partial charge in [-0.25, -0.2) is 0 Å². The van der Waals surface area contributed by atoms with Crippen LogP contribution in [0.2, 0.25) is 0 Å². The van der Waals surface area contributed by atoms with E-state index in [1.807, 2.05) is 78.9 Å². The van der Waals surface area contributed by atoms with E-state index >= 15 is 0 Å². The summed E-state index contributed by atoms with van der Waals surface area (Å²) in [5, 5.41) is 4.05. The molecule has 0 fully saturated rings. The maximum Gasteiger partial charge on any atom is 0.321 e. The van der Waals surface area contributed by atoms with Gasteiger partial charge in [0.15, 0.2) is 5.78 Å². The van der Waals surface area contributed by atoms with Gasteiger partial charge in [0.25, 0.3) is 0 Å². The SMILES string of the molecule is COC(=O)C(C(=O)c1ccc2ccccc2c1)c1ccc2ccccc2c1. The van der Waals surface area contributed by atoms with E-state index in [1.165, 1.54) is 7.11 Å². The van der Waals surface area contributed by atoms with Gasteiger partial charge in [0, 0.05) is 5.56 Å². The van der Waals surface area contributed by atoms with Crippen LogP contribution in [0.15, 0.2) is 84.9 Å². The number of Topliss-reactive ketones (excluding diaryl/α,β-unsaturated/α-hetero) is 1. The number of hydrogen-bond donors (Lipinski definition) is 0. The Morgan fingerprint density at radius 2 is 1.26 bits per heavy atom. The summed E-state index contributed by atoms with van der Waals surface area (Å²) < 4.78 is 4.95. The Labute approximate surface area is 157 Å². The van der Waals surface area contributed by atoms with Gasteiger partial charge in [0.2, 0.25) is 0 Å². The predicted molar refractivity (Wildman–Crippen MR) is 107 cm³/mol. The molecule has 0 heterocycles. The average Bonchev–Trinajstić information content (AvgIpc) is 2.73. The minimum Gasteiger partial charge on any atom is -0.468 e. The number of fused-ring (bicyclic) bond motifs is 2. The number of methoxy groups -OCH3 is 1. The second-order valence-corrected chi connectivity index (χ2v) is 6.49. The van der Waals surface area contributed by atoms with Gasteiger partial charge in [-0.1, -0.05) is 72.8 Å². The predicted octanol–water partition coefficient (Wildman–Crippen LogP) is 5.13. The van der Waals surface area contributed by atoms with Crippen LogP contribution < -0.4 is 0 Å². The van der Waals surface area contributed by atoms with Crippen molar-refractivity contribution < 1.29 is 14.3 Å². The Morgan fingerprint density at radius 3 is 1.89 bits per heavy atom. The summed E-state index contributed by atoms with van der Waals surface area (Å²) in [7, 11) is 1.31. The Balaban J connectivity index is 1.80. The molecule has 0 bridgehead atoms. The first kappa shape index (κ1) is 17.0. The molecule has 4 aromatic carbocycles. The molecule has 0 amide bonds. The summed E-state index contributed by atoms with van der Waals surface area (Å²) in [6.07, 6.45) is 0. The van der Waals surface area contributed by atoms with Gasteiger partial charge in [-0.2, -0.15) is 0 Å². The molecule has 1 unspecified atom stereocenters. The van der Waals surface area contributed by atoms with Crippen molar-refractivity contribution in [1.29, 1.82) is 0 Å². The number of carbonyl (C=O) groups is 2. The van der Waals surface area contributed by atoms with Crippen LogP contribution in [0, 0.1) is 0 Å². The second kappa shape index (κ2) is 7.04. The maximum absolute atomic E-state index is 13.2. The summed E-state index contributed by atoms with van der Waals surface area (Å²) in [6, 6.07) is 26.8. The monoisotopic (exact) mass is 354 g/mol. The highest BCUT2D eigenvalue weighted by Crippen LogP contribution is 2.27. The van der Waals surface area contributed by atoms with Gasteiger partial charge in [-0.3, -0.25) is 9.59 Å². The van der Waals surface area contributed by atoms with Gasteiger partial charge in [-0.05, 0) is 39.2 Å². The average molecular weight is 354 g/mol. The van der Waals surface area contributed by atoms with E-state index in [0.29, 0.717) is 11.1 Å². The molecule has 0 saturated carbocycles. The Kier molecular flexibility index (Phi) is 4.43. The highest BCUT2D eigenvalue weighted by Gasteiger charge is 2.30. The van der Waals surface area contributed by atoms with Crippen LogP contribution in [-0.2, 0) is 9.53 Å². The van der Waals surface area contributed by atoms with E-state index in [2.05, 4.69) is 0 Å². The molecule has 0 aliphatic heterocycles. The summed E-state index contributed by atoms with van der Waals surface area (Å²) in [4.78, 5) is 25.7. The number of ether oxygens (including phenoxy) is 1. The molecule has 0 aromatic heterocycles. The normalized spacial score (nSPS) is 12.0. The standard InChI is InChI=1S/C24H18O3/c1-27-24(26)22(20-12-10-16-6-2-4-8-18(16)14-20)23(25)21-13-11-17-7-3-5-9-19(17)15-21/h2-15,22H,1H3. The molecule has 0 saturated heterocycles. The van der Waals surface area contributed by atoms with E-state index in [4.69, 9.17) is 4.74 Å². The first-order valence-corrected chi connectivity index (χ1v) is 8.77. The van der Waals surface area contributed by atoms with Crippen molar-refractivity contribution in [3.63, 3.8) is 0 Å². The lowest BCUT2D eigenvalue weighted by atomic mass is 9.88. The third-order valence-corrected chi connectivity index (χ3v) is 4.84. The fourth-order valence-electron chi connectivity index (χ4n) is 3.41. The van der Waals surface area contributed by atoms with Crippen molar-refractivity contribution in [2.45, 2.75) is 5.92 Å². The number of rotatable bonds is 4. The lowest BCUT2D eigenvalue weighted by molar-refractivity contribution is -0.141. The van der Waals surface area contributed by atoms with Crippen molar-refractivity contribution in [3.05, 3.63) is 96.1 Å². The van der Waals surface area contributed by atoms with Crippen LogP contribution in [0.25, 0.3) is 21.5 Å². The number of esters is 1. The third-order valence-electron chi connectivity index (χ3n) is 4.84. The number of ketones is 1. The van der Waals surface area contributed by atoms with Crippen LogP contribution >= 0.6 is 0 Å². The van der Waals surface area contributed by atoms with E-state index < -0.39 is 11.9 Å². The van der Waals surface area contributed by atoms with Crippen molar-refractivity contribution in [3.8, 4) is 0 Å². The van der Waals surface area contributed by atoms with Crippen molar-refractivity contribution >= 4 is 33.3 Å². The fraction of sp³-hybridized carbons (Fsp3) is 0.0833. The molecule has 1 atom stereocenters. The van der Waals surface area contributed by atoms with Gasteiger partial charge < -0.3 is 4.74 Å². The molecule has 3 nitrogen and oxygen atoms in total. The Bertz CT molecular complexity index is 1160. The minimum absolute atomic E-state index is 0.261. The van der Waals surface area contributed by atoms with Crippen LogP contribution in [0.1, 0.15) is 21.8 Å². The lowest BCUT2D eigenvalue weighted by Gasteiger charge is -2.15. The van der Waals surface area contributed by atoms with Crippen LogP contribution in [0.4, 0.5) is 0 Å². The molecule has 0 spiro atoms. The second-order valence-electron chi connectivity index (χ2n) is 6.49. The minimum atomic E-state index is -0.985. The highest BCUT2D eigenvalue weighted by molar-refractivity contribution is 6.14. The molecule has 0 N–H and O–H groups in total. The topological polar surface area (TPSA) is 43.4 Å². The van der Waals surface area contributed by atoms with Crippen molar-refractivity contribution in [1.82, 2.24) is 0 Å². The number of carbonyl (C=O) groups excluding carboxylic acids is 2. The first-order chi connectivity index (χ1) is 13.2. The quantitative estimate of drug-likeness (QED) is 0.290. The zero-order valence-electron chi connectivity index (χ0n) is 14.9. The zero-order valence-corrected chi connectivity index (χ0v) is 14.9. The molecule has 27 heavy (non-hydrogen) atoms. The molecular formula is C24H18O3. The smallest absolute Gasteiger partial charge is 0.321 e. The van der Waals surface area contributed by atoms with E-state index in [1.54, 1.807) is 6.07 Å². The van der Waals surface area contributed by atoms with E-state index in [0.717, 1.165) is 21.5 Å². The molecule has 0 aliphatic carbocycles. The fourth-order valence-corrected chi connectivity index (χ4v) is 3.41. The van der Waals surface area contributed by atoms with E-state index in [9.17, 15) is 9.59 Å². The molecule has 0 radical (unpaired) electrons. The highest BCUT2D eigenvalue weighted by atomic mass is 16.5. The first-order valence-electron chi connectivity index (χ1n) is 8.77. The molecule has 132 valence electrons. The lowest BCUT2D eigenvalue weighted by Crippen LogP contribution is -2.23. The maximum atomic E-state index is 13.2. The molecule has 0 aliphatic rings. The van der Waals surface area contributed by atoms with Crippen molar-refractivity contribution in [2.24, 2.45) is 0 Å². The van der Waals surface area contributed by atoms with Crippen LogP contribution in [0.5, 0.6) is 0 Å². The van der Waals surface area contributed by atoms with E-state index in [-0.39, 0.29) is 5.78 Å². The molecule has 3 heteroatoms. The summed E-state index contributed by atoms with van der Waals surface area (Å²) >= 11 is 0. The Morgan fingerprint density at radius 1 is 0.704 bits per heavy atom. The van der Waals surface area contributed by atoms with Gasteiger partial charge in [0.05, 0.1) is 7.11 Å². The summed E-state index contributed by atoms with van der Waals surface area (Å²) in [5.41, 5.74) is 1.14. The molecule has 4 rings (SSSR count). The largest absolute Gasteiger partial charge is 0.468 e. The third kappa shape index (κ3) is 3.20. The summed E-state index contributed by atoms with van der Waals surface area (Å²) in [5.74, 6) is -1.80. The van der Waals surface area contributed by atoms with Crippen molar-refractivity contribution in [2.75, 3.05) is 7.11 Å².